The van der Waals surface area contributed by atoms with Crippen LogP contribution in [0.25, 0.3) is 0 Å². The zero-order valence-corrected chi connectivity index (χ0v) is 18.0. The molecule has 1 N–H and O–H groups in total. The number of carbonyl (C=O) groups excluding carboxylic acids is 3. The predicted molar refractivity (Wildman–Crippen MR) is 106 cm³/mol. The lowest BCUT2D eigenvalue weighted by Crippen LogP contribution is -2.42. The van der Waals surface area contributed by atoms with Crippen LogP contribution in [-0.4, -0.2) is 63.6 Å². The molecule has 166 valence electrons. The molecule has 1 aromatic rings. The van der Waals surface area contributed by atoms with Crippen molar-refractivity contribution in [2.24, 2.45) is 0 Å². The average molecular weight is 442 g/mol. The first-order valence-corrected chi connectivity index (χ1v) is 11.0. The van der Waals surface area contributed by atoms with Crippen LogP contribution >= 0.6 is 0 Å². The number of methoxy groups -OCH3 is 1. The van der Waals surface area contributed by atoms with Gasteiger partial charge in [0.05, 0.1) is 19.3 Å². The van der Waals surface area contributed by atoms with Gasteiger partial charge in [-0.05, 0) is 44.9 Å². The molecule has 0 aromatic heterocycles. The Morgan fingerprint density at radius 3 is 2.57 bits per heavy atom. The van der Waals surface area contributed by atoms with Crippen LogP contribution in [0.4, 0.5) is 4.79 Å². The van der Waals surface area contributed by atoms with E-state index in [1.54, 1.807) is 6.92 Å². The second-order valence-electron chi connectivity index (χ2n) is 6.67. The fraction of sp³-hybridized carbons (Fsp3) is 0.526. The minimum atomic E-state index is -3.90. The SMILES string of the molecule is CCOC(=O)NC(=O)COC(=O)c1ccc(OC)c(S(=O)(=O)N2CCCCC2C)c1. The first-order chi connectivity index (χ1) is 14.2. The molecule has 0 aliphatic carbocycles. The summed E-state index contributed by atoms with van der Waals surface area (Å²) in [5.74, 6) is -1.69. The minimum absolute atomic E-state index is 0.0667. The Morgan fingerprint density at radius 1 is 1.20 bits per heavy atom. The van der Waals surface area contributed by atoms with Crippen molar-refractivity contribution in [1.82, 2.24) is 9.62 Å². The van der Waals surface area contributed by atoms with Crippen LogP contribution in [0.1, 0.15) is 43.5 Å². The number of nitrogens with one attached hydrogen (secondary N) is 1. The fourth-order valence-corrected chi connectivity index (χ4v) is 4.97. The standard InChI is InChI=1S/C19H26N2O8S/c1-4-28-19(24)20-17(22)12-29-18(23)14-8-9-15(27-3)16(11-14)30(25,26)21-10-6-5-7-13(21)2/h8-9,11,13H,4-7,10,12H2,1-3H3,(H,20,22,24). The van der Waals surface area contributed by atoms with Crippen LogP contribution in [0, 0.1) is 0 Å². The monoisotopic (exact) mass is 442 g/mol. The second kappa shape index (κ2) is 10.4. The van der Waals surface area contributed by atoms with Gasteiger partial charge in [-0.1, -0.05) is 6.42 Å². The highest BCUT2D eigenvalue weighted by Crippen LogP contribution is 2.31. The van der Waals surface area contributed by atoms with Gasteiger partial charge in [0.25, 0.3) is 5.91 Å². The number of hydrogen-bond acceptors (Lipinski definition) is 8. The van der Waals surface area contributed by atoms with Crippen molar-refractivity contribution in [3.63, 3.8) is 0 Å². The third-order valence-electron chi connectivity index (χ3n) is 4.58. The summed E-state index contributed by atoms with van der Waals surface area (Å²) in [6.07, 6.45) is 1.50. The van der Waals surface area contributed by atoms with E-state index in [1.807, 2.05) is 12.2 Å². The van der Waals surface area contributed by atoms with Crippen molar-refractivity contribution in [2.75, 3.05) is 26.9 Å². The highest BCUT2D eigenvalue weighted by atomic mass is 32.2. The third kappa shape index (κ3) is 5.70. The number of piperidine rings is 1. The van der Waals surface area contributed by atoms with E-state index in [-0.39, 0.29) is 28.9 Å². The number of benzene rings is 1. The van der Waals surface area contributed by atoms with Gasteiger partial charge in [0.15, 0.2) is 6.61 Å². The first-order valence-electron chi connectivity index (χ1n) is 9.54. The molecular formula is C19H26N2O8S. The molecule has 1 atom stereocenters. The molecule has 2 amide bonds. The number of carbonyl (C=O) groups is 3. The van der Waals surface area contributed by atoms with E-state index in [4.69, 9.17) is 9.47 Å². The summed E-state index contributed by atoms with van der Waals surface area (Å²) in [5.41, 5.74) is -0.0667. The van der Waals surface area contributed by atoms with E-state index in [2.05, 4.69) is 4.74 Å². The Bertz CT molecular complexity index is 900. The number of nitrogens with zero attached hydrogens (tertiary/aromatic N) is 1. The molecule has 2 rings (SSSR count). The van der Waals surface area contributed by atoms with Crippen LogP contribution in [0.3, 0.4) is 0 Å². The van der Waals surface area contributed by atoms with E-state index in [0.29, 0.717) is 6.54 Å². The Hall–Kier alpha value is -2.66. The minimum Gasteiger partial charge on any atom is -0.495 e. The number of esters is 1. The molecule has 10 nitrogen and oxygen atoms in total. The largest absolute Gasteiger partial charge is 0.495 e. The number of hydrogen-bond donors (Lipinski definition) is 1. The topological polar surface area (TPSA) is 128 Å². The summed E-state index contributed by atoms with van der Waals surface area (Å²) in [6, 6.07) is 3.69. The molecule has 1 fully saturated rings. The maximum Gasteiger partial charge on any atom is 0.413 e. The summed E-state index contributed by atoms with van der Waals surface area (Å²) >= 11 is 0. The van der Waals surface area contributed by atoms with Crippen LogP contribution < -0.4 is 10.1 Å². The van der Waals surface area contributed by atoms with Gasteiger partial charge in [-0.3, -0.25) is 10.1 Å². The van der Waals surface area contributed by atoms with Crippen LogP contribution in [0.15, 0.2) is 23.1 Å². The predicted octanol–water partition coefficient (Wildman–Crippen LogP) is 1.69. The zero-order valence-electron chi connectivity index (χ0n) is 17.2. The summed E-state index contributed by atoms with van der Waals surface area (Å²) in [7, 11) is -2.56. The van der Waals surface area contributed by atoms with Gasteiger partial charge in [0.1, 0.15) is 10.6 Å². The second-order valence-corrected chi connectivity index (χ2v) is 8.53. The smallest absolute Gasteiger partial charge is 0.413 e. The quantitative estimate of drug-likeness (QED) is 0.632. The highest BCUT2D eigenvalue weighted by molar-refractivity contribution is 7.89. The number of ether oxygens (including phenoxy) is 3. The van der Waals surface area contributed by atoms with Crippen molar-refractivity contribution in [3.8, 4) is 5.75 Å². The van der Waals surface area contributed by atoms with Gasteiger partial charge in [-0.25, -0.2) is 18.0 Å². The molecule has 0 radical (unpaired) electrons. The fourth-order valence-electron chi connectivity index (χ4n) is 3.09. The first kappa shape index (κ1) is 23.6. The van der Waals surface area contributed by atoms with Gasteiger partial charge >= 0.3 is 12.1 Å². The maximum atomic E-state index is 13.2. The lowest BCUT2D eigenvalue weighted by Gasteiger charge is -2.32. The van der Waals surface area contributed by atoms with Crippen LogP contribution in [-0.2, 0) is 24.3 Å². The molecule has 11 heteroatoms. The van der Waals surface area contributed by atoms with Crippen molar-refractivity contribution in [3.05, 3.63) is 23.8 Å². The lowest BCUT2D eigenvalue weighted by atomic mass is 10.1. The highest BCUT2D eigenvalue weighted by Gasteiger charge is 2.33. The van der Waals surface area contributed by atoms with Gasteiger partial charge in [0, 0.05) is 12.6 Å². The van der Waals surface area contributed by atoms with Gasteiger partial charge in [-0.2, -0.15) is 4.31 Å². The summed E-state index contributed by atoms with van der Waals surface area (Å²) < 4.78 is 42.4. The number of amides is 2. The molecule has 1 unspecified atom stereocenters. The van der Waals surface area contributed by atoms with Crippen molar-refractivity contribution in [2.45, 2.75) is 44.0 Å². The molecule has 0 spiro atoms. The number of alkyl carbamates (subject to hydrolysis) is 1. The van der Waals surface area contributed by atoms with Crippen molar-refractivity contribution < 1.29 is 37.0 Å². The average Bonchev–Trinajstić information content (AvgIpc) is 2.71. The van der Waals surface area contributed by atoms with Crippen LogP contribution in [0.5, 0.6) is 5.75 Å². The Kier molecular flexibility index (Phi) is 8.18. The molecule has 1 aliphatic heterocycles. The molecule has 0 bridgehead atoms. The Balaban J connectivity index is 2.18. The normalized spacial score (nSPS) is 17.1. The molecule has 1 heterocycles. The number of imide groups is 1. The lowest BCUT2D eigenvalue weighted by molar-refractivity contribution is -0.123. The number of sulfonamides is 1. The maximum absolute atomic E-state index is 13.2. The molecule has 30 heavy (non-hydrogen) atoms. The van der Waals surface area contributed by atoms with Crippen molar-refractivity contribution in [1.29, 1.82) is 0 Å². The summed E-state index contributed by atoms with van der Waals surface area (Å²) in [4.78, 5) is 35.0. The molecule has 0 saturated carbocycles. The van der Waals surface area contributed by atoms with Gasteiger partial charge in [-0.15, -0.1) is 0 Å². The zero-order chi connectivity index (χ0) is 22.3. The van der Waals surface area contributed by atoms with Gasteiger partial charge < -0.3 is 14.2 Å². The van der Waals surface area contributed by atoms with Crippen molar-refractivity contribution >= 4 is 28.0 Å². The van der Waals surface area contributed by atoms with E-state index < -0.39 is 34.6 Å². The van der Waals surface area contributed by atoms with Crippen LogP contribution in [0.2, 0.25) is 0 Å². The molecule has 1 aromatic carbocycles. The molecule has 1 saturated heterocycles. The summed E-state index contributed by atoms with van der Waals surface area (Å²) in [5, 5.41) is 1.89. The molecular weight excluding hydrogens is 416 g/mol. The summed E-state index contributed by atoms with van der Waals surface area (Å²) in [6.45, 7) is 3.15. The van der Waals surface area contributed by atoms with E-state index in [0.717, 1.165) is 19.3 Å². The molecule has 1 aliphatic rings. The van der Waals surface area contributed by atoms with Gasteiger partial charge in [0.2, 0.25) is 10.0 Å². The van der Waals surface area contributed by atoms with E-state index in [9.17, 15) is 22.8 Å². The third-order valence-corrected chi connectivity index (χ3v) is 6.61. The Labute approximate surface area is 175 Å². The van der Waals surface area contributed by atoms with E-state index in [1.165, 1.54) is 29.6 Å². The Morgan fingerprint density at radius 2 is 1.93 bits per heavy atom. The number of rotatable bonds is 7. The van der Waals surface area contributed by atoms with E-state index >= 15 is 0 Å².